The topological polar surface area (TPSA) is 95.9 Å². The Morgan fingerprint density at radius 1 is 1.23 bits per heavy atom. The van der Waals surface area contributed by atoms with Gasteiger partial charge in [0.15, 0.2) is 4.32 Å². The quantitative estimate of drug-likeness (QED) is 0.496. The summed E-state index contributed by atoms with van der Waals surface area (Å²) in [6.07, 6.45) is 1.62. The van der Waals surface area contributed by atoms with E-state index < -0.39 is 5.97 Å². The molecule has 0 bridgehead atoms. The van der Waals surface area contributed by atoms with E-state index in [4.69, 9.17) is 22.1 Å². The standard InChI is InChI=1S/C21H18N2O5S2/c1-13(24)22-15-5-7-16(8-6-15)23-20(27)18(30-21(23)29)12-14-3-2-4-17(11-14)28-10-9-19(25)26/h2-8,11-12H,9-10H2,1H3,(H,22,24)(H,25,26)/b18-12+. The summed E-state index contributed by atoms with van der Waals surface area (Å²) in [6, 6.07) is 13.9. The van der Waals surface area contributed by atoms with Crippen molar-refractivity contribution in [3.63, 3.8) is 0 Å². The SMILES string of the molecule is CC(=O)Nc1ccc(N2C(=O)/C(=C\c3cccc(OCCC(=O)O)c3)SC2=S)cc1. The number of nitrogens with zero attached hydrogens (tertiary/aromatic N) is 1. The lowest BCUT2D eigenvalue weighted by molar-refractivity contribution is -0.137. The van der Waals surface area contributed by atoms with Crippen molar-refractivity contribution in [1.82, 2.24) is 0 Å². The van der Waals surface area contributed by atoms with Gasteiger partial charge in [-0.2, -0.15) is 0 Å². The zero-order valence-electron chi connectivity index (χ0n) is 16.0. The van der Waals surface area contributed by atoms with E-state index in [9.17, 15) is 14.4 Å². The van der Waals surface area contributed by atoms with Gasteiger partial charge in [-0.3, -0.25) is 19.3 Å². The fraction of sp³-hybridized carbons (Fsp3) is 0.143. The summed E-state index contributed by atoms with van der Waals surface area (Å²) in [6.45, 7) is 1.49. The smallest absolute Gasteiger partial charge is 0.306 e. The maximum atomic E-state index is 12.9. The van der Waals surface area contributed by atoms with Gasteiger partial charge in [0, 0.05) is 12.6 Å². The lowest BCUT2D eigenvalue weighted by Crippen LogP contribution is -2.27. The molecular weight excluding hydrogens is 424 g/mol. The minimum atomic E-state index is -0.931. The van der Waals surface area contributed by atoms with Gasteiger partial charge in [0.2, 0.25) is 5.91 Å². The highest BCUT2D eigenvalue weighted by Gasteiger charge is 2.33. The maximum Gasteiger partial charge on any atom is 0.306 e. The first-order chi connectivity index (χ1) is 14.3. The molecule has 0 aromatic heterocycles. The number of benzene rings is 2. The summed E-state index contributed by atoms with van der Waals surface area (Å²) in [5.74, 6) is -0.825. The number of rotatable bonds is 7. The molecule has 7 nitrogen and oxygen atoms in total. The van der Waals surface area contributed by atoms with Crippen molar-refractivity contribution < 1.29 is 24.2 Å². The molecule has 30 heavy (non-hydrogen) atoms. The molecule has 154 valence electrons. The molecule has 1 heterocycles. The molecule has 0 atom stereocenters. The Kier molecular flexibility index (Phi) is 6.86. The fourth-order valence-corrected chi connectivity index (χ4v) is 3.99. The number of carbonyl (C=O) groups is 3. The average Bonchev–Trinajstić information content (AvgIpc) is 2.95. The number of aliphatic carboxylic acids is 1. The summed E-state index contributed by atoms with van der Waals surface area (Å²) in [5.41, 5.74) is 1.98. The number of carbonyl (C=O) groups excluding carboxylic acids is 2. The minimum absolute atomic E-state index is 0.0649. The highest BCUT2D eigenvalue weighted by molar-refractivity contribution is 8.27. The van der Waals surface area contributed by atoms with E-state index in [2.05, 4.69) is 5.32 Å². The van der Waals surface area contributed by atoms with Gasteiger partial charge in [0.1, 0.15) is 5.75 Å². The van der Waals surface area contributed by atoms with Gasteiger partial charge in [-0.25, -0.2) is 0 Å². The molecule has 3 rings (SSSR count). The van der Waals surface area contributed by atoms with Crippen LogP contribution in [0, 0.1) is 0 Å². The highest BCUT2D eigenvalue weighted by atomic mass is 32.2. The van der Waals surface area contributed by atoms with Gasteiger partial charge in [-0.05, 0) is 48.0 Å². The number of carboxylic acid groups (broad SMARTS) is 1. The van der Waals surface area contributed by atoms with Crippen molar-refractivity contribution in [2.75, 3.05) is 16.8 Å². The molecule has 2 aromatic rings. The van der Waals surface area contributed by atoms with E-state index in [1.165, 1.54) is 23.6 Å². The van der Waals surface area contributed by atoms with E-state index in [0.29, 0.717) is 26.3 Å². The van der Waals surface area contributed by atoms with E-state index in [-0.39, 0.29) is 24.8 Å². The van der Waals surface area contributed by atoms with Gasteiger partial charge in [-0.1, -0.05) is 36.1 Å². The summed E-state index contributed by atoms with van der Waals surface area (Å²) in [4.78, 5) is 36.6. The molecule has 0 saturated carbocycles. The van der Waals surface area contributed by atoms with E-state index in [1.807, 2.05) is 6.07 Å². The van der Waals surface area contributed by atoms with Crippen LogP contribution in [-0.4, -0.2) is 33.8 Å². The zero-order valence-corrected chi connectivity index (χ0v) is 17.6. The summed E-state index contributed by atoms with van der Waals surface area (Å²) >= 11 is 6.57. The first kappa shape index (κ1) is 21.5. The molecule has 1 aliphatic rings. The summed E-state index contributed by atoms with van der Waals surface area (Å²) in [5, 5.41) is 11.4. The lowest BCUT2D eigenvalue weighted by atomic mass is 10.2. The van der Waals surface area contributed by atoms with E-state index in [1.54, 1.807) is 48.5 Å². The van der Waals surface area contributed by atoms with Crippen LogP contribution in [-0.2, 0) is 14.4 Å². The van der Waals surface area contributed by atoms with Crippen LogP contribution >= 0.6 is 24.0 Å². The molecule has 1 aliphatic heterocycles. The van der Waals surface area contributed by atoms with Crippen molar-refractivity contribution in [1.29, 1.82) is 0 Å². The number of thiocarbonyl (C=S) groups is 1. The van der Waals surface area contributed by atoms with Crippen LogP contribution < -0.4 is 15.0 Å². The number of thioether (sulfide) groups is 1. The maximum absolute atomic E-state index is 12.9. The Bertz CT molecular complexity index is 1030. The van der Waals surface area contributed by atoms with Crippen LogP contribution in [0.5, 0.6) is 5.75 Å². The second-order valence-corrected chi connectivity index (χ2v) is 7.99. The van der Waals surface area contributed by atoms with Gasteiger partial charge in [0.05, 0.1) is 23.6 Å². The Morgan fingerprint density at radius 2 is 1.97 bits per heavy atom. The Balaban J connectivity index is 1.75. The molecular formula is C21H18N2O5S2. The zero-order chi connectivity index (χ0) is 21.7. The molecule has 2 aromatic carbocycles. The van der Waals surface area contributed by atoms with Crippen molar-refractivity contribution >= 4 is 63.5 Å². The van der Waals surface area contributed by atoms with E-state index >= 15 is 0 Å². The average molecular weight is 443 g/mol. The lowest BCUT2D eigenvalue weighted by Gasteiger charge is -2.15. The second kappa shape index (κ2) is 9.55. The molecule has 0 aliphatic carbocycles. The van der Waals surface area contributed by atoms with Crippen LogP contribution in [0.25, 0.3) is 6.08 Å². The fourth-order valence-electron chi connectivity index (χ4n) is 2.69. The van der Waals surface area contributed by atoms with Crippen molar-refractivity contribution in [3.05, 3.63) is 59.0 Å². The molecule has 9 heteroatoms. The number of anilines is 2. The van der Waals surface area contributed by atoms with Gasteiger partial charge >= 0.3 is 5.97 Å². The normalized spacial score (nSPS) is 14.8. The van der Waals surface area contributed by atoms with Gasteiger partial charge in [-0.15, -0.1) is 0 Å². The first-order valence-corrected chi connectivity index (χ1v) is 10.2. The number of ether oxygens (including phenoxy) is 1. The van der Waals surface area contributed by atoms with Crippen LogP contribution in [0.2, 0.25) is 0 Å². The van der Waals surface area contributed by atoms with Crippen LogP contribution in [0.1, 0.15) is 18.9 Å². The Labute approximate surface area is 182 Å². The largest absolute Gasteiger partial charge is 0.493 e. The second-order valence-electron chi connectivity index (χ2n) is 6.31. The molecule has 0 spiro atoms. The molecule has 0 unspecified atom stereocenters. The molecule has 2 N–H and O–H groups in total. The first-order valence-electron chi connectivity index (χ1n) is 8.94. The minimum Gasteiger partial charge on any atom is -0.493 e. The molecule has 0 radical (unpaired) electrons. The number of hydrogen-bond acceptors (Lipinski definition) is 6. The number of carboxylic acids is 1. The highest BCUT2D eigenvalue weighted by Crippen LogP contribution is 2.36. The van der Waals surface area contributed by atoms with Gasteiger partial charge in [0.25, 0.3) is 5.91 Å². The van der Waals surface area contributed by atoms with Crippen molar-refractivity contribution in [3.8, 4) is 5.75 Å². The third-order valence-electron chi connectivity index (χ3n) is 3.98. The molecule has 2 amide bonds. The van der Waals surface area contributed by atoms with Crippen molar-refractivity contribution in [2.45, 2.75) is 13.3 Å². The number of amides is 2. The molecule has 1 fully saturated rings. The summed E-state index contributed by atoms with van der Waals surface area (Å²) < 4.78 is 5.84. The van der Waals surface area contributed by atoms with Crippen molar-refractivity contribution in [2.24, 2.45) is 0 Å². The predicted molar refractivity (Wildman–Crippen MR) is 121 cm³/mol. The molecule has 1 saturated heterocycles. The number of hydrogen-bond donors (Lipinski definition) is 2. The Hall–Kier alpha value is -3.17. The van der Waals surface area contributed by atoms with Crippen LogP contribution in [0.3, 0.4) is 0 Å². The monoisotopic (exact) mass is 442 g/mol. The van der Waals surface area contributed by atoms with E-state index in [0.717, 1.165) is 5.56 Å². The van der Waals surface area contributed by atoms with Gasteiger partial charge < -0.3 is 15.2 Å². The predicted octanol–water partition coefficient (Wildman–Crippen LogP) is 3.90. The third kappa shape index (κ3) is 5.46. The third-order valence-corrected chi connectivity index (χ3v) is 5.28. The number of nitrogens with one attached hydrogen (secondary N) is 1. The van der Waals surface area contributed by atoms with Crippen LogP contribution in [0.4, 0.5) is 11.4 Å². The van der Waals surface area contributed by atoms with Crippen LogP contribution in [0.15, 0.2) is 53.4 Å². The summed E-state index contributed by atoms with van der Waals surface area (Å²) in [7, 11) is 0. The Morgan fingerprint density at radius 3 is 2.63 bits per heavy atom.